The van der Waals surface area contributed by atoms with Gasteiger partial charge in [0.05, 0.1) is 5.03 Å². The maximum Gasteiger partial charge on any atom is 0.0969 e. The normalized spacial score (nSPS) is 20.9. The SMILES string of the molecule is CNC1c2ccccc2CC1Sc1cc(C)cc(C)n1. The molecular formula is C17H20N2S. The Morgan fingerprint density at radius 1 is 1.20 bits per heavy atom. The molecule has 0 bridgehead atoms. The van der Waals surface area contributed by atoms with Crippen LogP contribution in [0, 0.1) is 13.8 Å². The number of fused-ring (bicyclic) bond motifs is 1. The van der Waals surface area contributed by atoms with Gasteiger partial charge in [-0.1, -0.05) is 24.3 Å². The van der Waals surface area contributed by atoms with E-state index < -0.39 is 0 Å². The van der Waals surface area contributed by atoms with Crippen LogP contribution in [0.25, 0.3) is 0 Å². The summed E-state index contributed by atoms with van der Waals surface area (Å²) >= 11 is 1.90. The summed E-state index contributed by atoms with van der Waals surface area (Å²) in [5.41, 5.74) is 5.30. The van der Waals surface area contributed by atoms with E-state index in [1.165, 1.54) is 16.7 Å². The van der Waals surface area contributed by atoms with Gasteiger partial charge in [-0.05, 0) is 56.1 Å². The summed E-state index contributed by atoms with van der Waals surface area (Å²) in [4.78, 5) is 4.66. The molecule has 1 aromatic heterocycles. The first-order valence-electron chi connectivity index (χ1n) is 7.04. The molecule has 3 rings (SSSR count). The molecule has 2 atom stereocenters. The van der Waals surface area contributed by atoms with Crippen LogP contribution >= 0.6 is 11.8 Å². The Morgan fingerprint density at radius 3 is 2.75 bits per heavy atom. The van der Waals surface area contributed by atoms with Crippen LogP contribution in [0.3, 0.4) is 0 Å². The van der Waals surface area contributed by atoms with Gasteiger partial charge in [-0.2, -0.15) is 0 Å². The van der Waals surface area contributed by atoms with Gasteiger partial charge >= 0.3 is 0 Å². The minimum absolute atomic E-state index is 0.416. The van der Waals surface area contributed by atoms with E-state index in [-0.39, 0.29) is 0 Å². The Morgan fingerprint density at radius 2 is 2.00 bits per heavy atom. The van der Waals surface area contributed by atoms with Crippen LogP contribution in [0.2, 0.25) is 0 Å². The second-order valence-corrected chi connectivity index (χ2v) is 6.71. The predicted molar refractivity (Wildman–Crippen MR) is 85.3 cm³/mol. The monoisotopic (exact) mass is 284 g/mol. The fraction of sp³-hybridized carbons (Fsp3) is 0.353. The summed E-state index contributed by atoms with van der Waals surface area (Å²) in [5.74, 6) is 0. The zero-order chi connectivity index (χ0) is 14.1. The number of rotatable bonds is 3. The summed E-state index contributed by atoms with van der Waals surface area (Å²) in [7, 11) is 2.05. The van der Waals surface area contributed by atoms with E-state index >= 15 is 0 Å². The van der Waals surface area contributed by atoms with E-state index in [9.17, 15) is 0 Å². The number of nitrogens with zero attached hydrogens (tertiary/aromatic N) is 1. The van der Waals surface area contributed by atoms with Gasteiger partial charge in [0.2, 0.25) is 0 Å². The fourth-order valence-electron chi connectivity index (χ4n) is 3.03. The van der Waals surface area contributed by atoms with Crippen molar-refractivity contribution < 1.29 is 0 Å². The van der Waals surface area contributed by atoms with Gasteiger partial charge in [-0.3, -0.25) is 0 Å². The smallest absolute Gasteiger partial charge is 0.0969 e. The molecule has 0 aliphatic heterocycles. The zero-order valence-corrected chi connectivity index (χ0v) is 13.0. The van der Waals surface area contributed by atoms with Crippen LogP contribution in [-0.4, -0.2) is 17.3 Å². The molecule has 104 valence electrons. The number of pyridine rings is 1. The maximum absolute atomic E-state index is 4.66. The molecule has 1 heterocycles. The Kier molecular flexibility index (Phi) is 3.81. The molecule has 2 unspecified atom stereocenters. The molecule has 2 nitrogen and oxygen atoms in total. The van der Waals surface area contributed by atoms with E-state index in [4.69, 9.17) is 0 Å². The summed E-state index contributed by atoms with van der Waals surface area (Å²) < 4.78 is 0. The lowest BCUT2D eigenvalue weighted by Gasteiger charge is -2.19. The average molecular weight is 284 g/mol. The van der Waals surface area contributed by atoms with Crippen LogP contribution in [0.4, 0.5) is 0 Å². The molecule has 2 aromatic rings. The van der Waals surface area contributed by atoms with Crippen LogP contribution in [-0.2, 0) is 6.42 Å². The first kappa shape index (κ1) is 13.7. The molecule has 0 saturated heterocycles. The number of hydrogen-bond donors (Lipinski definition) is 1. The van der Waals surface area contributed by atoms with E-state index in [2.05, 4.69) is 67.6 Å². The number of benzene rings is 1. The molecule has 0 amide bonds. The first-order chi connectivity index (χ1) is 9.67. The summed E-state index contributed by atoms with van der Waals surface area (Å²) in [6.07, 6.45) is 1.11. The fourth-order valence-corrected chi connectivity index (χ4v) is 4.47. The summed E-state index contributed by atoms with van der Waals surface area (Å²) in [6.45, 7) is 4.20. The minimum Gasteiger partial charge on any atom is -0.312 e. The van der Waals surface area contributed by atoms with Crippen LogP contribution in [0.5, 0.6) is 0 Å². The maximum atomic E-state index is 4.66. The molecule has 1 aliphatic rings. The lowest BCUT2D eigenvalue weighted by molar-refractivity contribution is 0.603. The summed E-state index contributed by atoms with van der Waals surface area (Å²) in [5, 5.41) is 5.13. The molecular weight excluding hydrogens is 264 g/mol. The largest absolute Gasteiger partial charge is 0.312 e. The quantitative estimate of drug-likeness (QED) is 0.930. The summed E-state index contributed by atoms with van der Waals surface area (Å²) in [6, 6.07) is 13.5. The number of aromatic nitrogens is 1. The molecule has 3 heteroatoms. The number of thioether (sulfide) groups is 1. The molecule has 0 saturated carbocycles. The molecule has 0 fully saturated rings. The zero-order valence-electron chi connectivity index (χ0n) is 12.2. The highest BCUT2D eigenvalue weighted by Crippen LogP contribution is 2.40. The molecule has 0 spiro atoms. The number of hydrogen-bond acceptors (Lipinski definition) is 3. The van der Waals surface area contributed by atoms with Gasteiger partial charge in [0, 0.05) is 17.0 Å². The van der Waals surface area contributed by atoms with Gasteiger partial charge in [0.1, 0.15) is 0 Å². The lowest BCUT2D eigenvalue weighted by atomic mass is 10.1. The average Bonchev–Trinajstić information content (AvgIpc) is 2.74. The van der Waals surface area contributed by atoms with Gasteiger partial charge in [0.25, 0.3) is 0 Å². The second kappa shape index (κ2) is 5.58. The van der Waals surface area contributed by atoms with Crippen molar-refractivity contribution in [2.24, 2.45) is 0 Å². The van der Waals surface area contributed by atoms with E-state index in [1.54, 1.807) is 0 Å². The second-order valence-electron chi connectivity index (χ2n) is 5.45. The van der Waals surface area contributed by atoms with Crippen molar-refractivity contribution in [3.8, 4) is 0 Å². The van der Waals surface area contributed by atoms with Crippen molar-refractivity contribution in [1.82, 2.24) is 10.3 Å². The Hall–Kier alpha value is -1.32. The topological polar surface area (TPSA) is 24.9 Å². The van der Waals surface area contributed by atoms with Crippen molar-refractivity contribution in [2.45, 2.75) is 36.6 Å². The van der Waals surface area contributed by atoms with Crippen molar-refractivity contribution >= 4 is 11.8 Å². The lowest BCUT2D eigenvalue weighted by Crippen LogP contribution is -2.23. The van der Waals surface area contributed by atoms with Crippen LogP contribution in [0.15, 0.2) is 41.4 Å². The standard InChI is InChI=1S/C17H20N2S/c1-11-8-12(2)19-16(9-11)20-15-10-13-6-4-5-7-14(13)17(15)18-3/h4-9,15,17-18H,10H2,1-3H3. The third-order valence-electron chi connectivity index (χ3n) is 3.84. The van der Waals surface area contributed by atoms with E-state index in [0.717, 1.165) is 17.1 Å². The Balaban J connectivity index is 1.85. The molecule has 0 radical (unpaired) electrons. The highest BCUT2D eigenvalue weighted by molar-refractivity contribution is 7.99. The van der Waals surface area contributed by atoms with Gasteiger partial charge in [-0.15, -0.1) is 11.8 Å². The number of nitrogens with one attached hydrogen (secondary N) is 1. The highest BCUT2D eigenvalue weighted by Gasteiger charge is 2.32. The Labute approximate surface area is 125 Å². The molecule has 1 aromatic carbocycles. The minimum atomic E-state index is 0.416. The van der Waals surface area contributed by atoms with Crippen LogP contribution in [0.1, 0.15) is 28.4 Å². The molecule has 20 heavy (non-hydrogen) atoms. The van der Waals surface area contributed by atoms with Crippen molar-refractivity contribution in [3.05, 3.63) is 58.8 Å². The van der Waals surface area contributed by atoms with Gasteiger partial charge in [0.15, 0.2) is 0 Å². The van der Waals surface area contributed by atoms with Crippen molar-refractivity contribution in [2.75, 3.05) is 7.05 Å². The third-order valence-corrected chi connectivity index (χ3v) is 5.03. The van der Waals surface area contributed by atoms with Crippen molar-refractivity contribution in [3.63, 3.8) is 0 Å². The van der Waals surface area contributed by atoms with Crippen LogP contribution < -0.4 is 5.32 Å². The third kappa shape index (κ3) is 2.60. The predicted octanol–water partition coefficient (Wildman–Crippen LogP) is 3.68. The highest BCUT2D eigenvalue weighted by atomic mass is 32.2. The first-order valence-corrected chi connectivity index (χ1v) is 7.92. The van der Waals surface area contributed by atoms with E-state index in [0.29, 0.717) is 11.3 Å². The van der Waals surface area contributed by atoms with E-state index in [1.807, 2.05) is 11.8 Å². The van der Waals surface area contributed by atoms with Crippen molar-refractivity contribution in [1.29, 1.82) is 0 Å². The molecule has 1 aliphatic carbocycles. The number of aryl methyl sites for hydroxylation is 2. The van der Waals surface area contributed by atoms with Gasteiger partial charge in [-0.25, -0.2) is 4.98 Å². The van der Waals surface area contributed by atoms with Gasteiger partial charge < -0.3 is 5.32 Å². The Bertz CT molecular complexity index is 604. The molecule has 1 N–H and O–H groups in total.